The van der Waals surface area contributed by atoms with E-state index in [1.807, 2.05) is 0 Å². The van der Waals surface area contributed by atoms with Crippen LogP contribution in [0.15, 0.2) is 0 Å². The molecule has 0 aromatic heterocycles. The lowest BCUT2D eigenvalue weighted by molar-refractivity contribution is 0.00517. The first-order valence-corrected chi connectivity index (χ1v) is 23.9. The predicted octanol–water partition coefficient (Wildman–Crippen LogP) is 15.1. The second-order valence-corrected chi connectivity index (χ2v) is 19.3. The molecule has 50 heavy (non-hydrogen) atoms. The molecule has 2 atom stereocenters. The monoisotopic (exact) mass is 697 g/mol. The summed E-state index contributed by atoms with van der Waals surface area (Å²) in [6.07, 6.45) is 50.7. The van der Waals surface area contributed by atoms with Crippen LogP contribution in [0, 0.1) is 47.3 Å². The molecule has 2 nitrogen and oxygen atoms in total. The van der Waals surface area contributed by atoms with Crippen LogP contribution in [0.3, 0.4) is 0 Å². The van der Waals surface area contributed by atoms with Crippen molar-refractivity contribution in [3.8, 4) is 0 Å². The molecule has 2 heteroatoms. The smallest absolute Gasteiger partial charge is 0.0575 e. The molecule has 0 aliphatic heterocycles. The molecule has 5 saturated carbocycles. The van der Waals surface area contributed by atoms with Gasteiger partial charge in [-0.05, 0) is 144 Å². The van der Waals surface area contributed by atoms with Gasteiger partial charge in [0.2, 0.25) is 0 Å². The Morgan fingerprint density at radius 1 is 0.340 bits per heavy atom. The molecule has 0 bridgehead atoms. The van der Waals surface area contributed by atoms with Crippen molar-refractivity contribution in [2.75, 3.05) is 13.2 Å². The molecule has 0 amide bonds. The zero-order chi connectivity index (χ0) is 34.6. The van der Waals surface area contributed by atoms with Gasteiger partial charge >= 0.3 is 0 Å². The van der Waals surface area contributed by atoms with Gasteiger partial charge in [0.25, 0.3) is 0 Å². The first-order valence-electron chi connectivity index (χ1n) is 23.9. The van der Waals surface area contributed by atoms with Gasteiger partial charge in [0.15, 0.2) is 0 Å². The van der Waals surface area contributed by atoms with E-state index in [2.05, 4.69) is 13.8 Å². The first kappa shape index (κ1) is 41.1. The van der Waals surface area contributed by atoms with Gasteiger partial charge in [0, 0.05) is 13.2 Å². The Hall–Kier alpha value is -0.0800. The molecule has 0 aromatic rings. The van der Waals surface area contributed by atoms with E-state index in [-0.39, 0.29) is 0 Å². The van der Waals surface area contributed by atoms with Gasteiger partial charge < -0.3 is 9.47 Å². The molecule has 0 N–H and O–H groups in total. The minimum absolute atomic E-state index is 0.582. The second-order valence-electron chi connectivity index (χ2n) is 19.3. The molecule has 0 spiro atoms. The Bertz CT molecular complexity index is 742. The van der Waals surface area contributed by atoms with Gasteiger partial charge in [-0.15, -0.1) is 0 Å². The summed E-state index contributed by atoms with van der Waals surface area (Å²) in [6.45, 7) is 6.64. The zero-order valence-electron chi connectivity index (χ0n) is 34.0. The SMILES string of the molecule is CCCCCCCOC1CCC(C2CCC(CCC3CCCC(CCC4CCC(C5CCC(OCCCCCCC)CC5)CC4)C3)CC2)CC1. The molecule has 0 radical (unpaired) electrons. The molecule has 5 fully saturated rings. The highest BCUT2D eigenvalue weighted by molar-refractivity contribution is 4.85. The average Bonchev–Trinajstić information content (AvgIpc) is 3.17. The Morgan fingerprint density at radius 2 is 0.680 bits per heavy atom. The summed E-state index contributed by atoms with van der Waals surface area (Å²) in [4.78, 5) is 0. The van der Waals surface area contributed by atoms with Crippen LogP contribution in [0.5, 0.6) is 0 Å². The quantitative estimate of drug-likeness (QED) is 0.105. The lowest BCUT2D eigenvalue weighted by Crippen LogP contribution is -2.29. The number of ether oxygens (including phenoxy) is 2. The molecule has 0 saturated heterocycles. The Morgan fingerprint density at radius 3 is 1.06 bits per heavy atom. The van der Waals surface area contributed by atoms with Crippen molar-refractivity contribution in [3.63, 3.8) is 0 Å². The van der Waals surface area contributed by atoms with Crippen LogP contribution in [-0.4, -0.2) is 25.4 Å². The minimum atomic E-state index is 0.582. The fourth-order valence-electron chi connectivity index (χ4n) is 12.1. The maximum absolute atomic E-state index is 6.30. The highest BCUT2D eigenvalue weighted by Crippen LogP contribution is 2.45. The van der Waals surface area contributed by atoms with Crippen LogP contribution < -0.4 is 0 Å². The van der Waals surface area contributed by atoms with Gasteiger partial charge in [0.05, 0.1) is 12.2 Å². The van der Waals surface area contributed by atoms with Crippen molar-refractivity contribution < 1.29 is 9.47 Å². The minimum Gasteiger partial charge on any atom is -0.378 e. The lowest BCUT2D eigenvalue weighted by atomic mass is 9.68. The molecule has 0 heterocycles. The fourth-order valence-corrected chi connectivity index (χ4v) is 12.1. The van der Waals surface area contributed by atoms with Gasteiger partial charge in [0.1, 0.15) is 0 Å². The second kappa shape index (κ2) is 24.4. The third kappa shape index (κ3) is 15.0. The van der Waals surface area contributed by atoms with Crippen molar-refractivity contribution in [1.82, 2.24) is 0 Å². The summed E-state index contributed by atoms with van der Waals surface area (Å²) >= 11 is 0. The Balaban J connectivity index is 0.859. The maximum atomic E-state index is 6.30. The van der Waals surface area contributed by atoms with E-state index in [1.54, 1.807) is 96.3 Å². The normalized spacial score (nSPS) is 35.6. The van der Waals surface area contributed by atoms with Crippen molar-refractivity contribution in [3.05, 3.63) is 0 Å². The van der Waals surface area contributed by atoms with Gasteiger partial charge in [-0.25, -0.2) is 0 Å². The summed E-state index contributed by atoms with van der Waals surface area (Å²) in [5.74, 6) is 8.34. The van der Waals surface area contributed by atoms with E-state index in [0.717, 1.165) is 60.6 Å². The van der Waals surface area contributed by atoms with Crippen LogP contribution >= 0.6 is 0 Å². The van der Waals surface area contributed by atoms with Crippen LogP contribution in [0.1, 0.15) is 232 Å². The molecule has 292 valence electrons. The third-order valence-corrected chi connectivity index (χ3v) is 15.6. The summed E-state index contributed by atoms with van der Waals surface area (Å²) in [5, 5.41) is 0. The largest absolute Gasteiger partial charge is 0.378 e. The van der Waals surface area contributed by atoms with E-state index in [0.29, 0.717) is 12.2 Å². The standard InChI is InChI=1S/C48H88O2/c1-3-5-7-9-11-36-49-47-32-28-45(29-33-47)43-24-20-39(21-25-43)16-18-41-14-13-15-42(38-41)19-17-40-22-26-44(27-23-40)46-30-34-48(35-31-46)50-37-12-10-8-6-4-2/h39-48H,3-38H2,1-2H3. The number of rotatable bonds is 22. The molecular formula is C48H88O2. The van der Waals surface area contributed by atoms with Crippen LogP contribution in [0.4, 0.5) is 0 Å². The Labute approximate surface area is 313 Å². The van der Waals surface area contributed by atoms with E-state index in [4.69, 9.17) is 9.47 Å². The van der Waals surface area contributed by atoms with Crippen molar-refractivity contribution in [2.45, 2.75) is 244 Å². The third-order valence-electron chi connectivity index (χ3n) is 15.6. The van der Waals surface area contributed by atoms with Gasteiger partial charge in [-0.1, -0.05) is 136 Å². The fraction of sp³-hybridized carbons (Fsp3) is 1.00. The van der Waals surface area contributed by atoms with Crippen LogP contribution in [-0.2, 0) is 9.47 Å². The number of hydrogen-bond acceptors (Lipinski definition) is 2. The molecule has 5 aliphatic rings. The molecule has 0 aromatic carbocycles. The van der Waals surface area contributed by atoms with Crippen molar-refractivity contribution in [2.24, 2.45) is 47.3 Å². The van der Waals surface area contributed by atoms with Gasteiger partial charge in [-0.2, -0.15) is 0 Å². The van der Waals surface area contributed by atoms with Crippen molar-refractivity contribution in [1.29, 1.82) is 0 Å². The summed E-state index contributed by atoms with van der Waals surface area (Å²) in [5.41, 5.74) is 0. The number of unbranched alkanes of at least 4 members (excludes halogenated alkanes) is 8. The number of hydrogen-bond donors (Lipinski definition) is 0. The average molecular weight is 697 g/mol. The highest BCUT2D eigenvalue weighted by Gasteiger charge is 2.33. The van der Waals surface area contributed by atoms with Gasteiger partial charge in [-0.3, -0.25) is 0 Å². The molecule has 5 rings (SSSR count). The lowest BCUT2D eigenvalue weighted by Gasteiger charge is -2.39. The Kier molecular flexibility index (Phi) is 20.0. The maximum Gasteiger partial charge on any atom is 0.0575 e. The molecule has 2 unspecified atom stereocenters. The topological polar surface area (TPSA) is 18.5 Å². The van der Waals surface area contributed by atoms with E-state index in [1.165, 1.54) is 122 Å². The van der Waals surface area contributed by atoms with E-state index < -0.39 is 0 Å². The molecular weight excluding hydrogens is 609 g/mol. The summed E-state index contributed by atoms with van der Waals surface area (Å²) in [7, 11) is 0. The molecule has 5 aliphatic carbocycles. The predicted molar refractivity (Wildman–Crippen MR) is 216 cm³/mol. The summed E-state index contributed by atoms with van der Waals surface area (Å²) in [6, 6.07) is 0. The first-order chi connectivity index (χ1) is 24.7. The van der Waals surface area contributed by atoms with Crippen LogP contribution in [0.25, 0.3) is 0 Å². The van der Waals surface area contributed by atoms with E-state index in [9.17, 15) is 0 Å². The van der Waals surface area contributed by atoms with Crippen molar-refractivity contribution >= 4 is 0 Å². The highest BCUT2D eigenvalue weighted by atomic mass is 16.5. The van der Waals surface area contributed by atoms with Crippen LogP contribution in [0.2, 0.25) is 0 Å². The zero-order valence-corrected chi connectivity index (χ0v) is 34.0. The summed E-state index contributed by atoms with van der Waals surface area (Å²) < 4.78 is 12.6. The van der Waals surface area contributed by atoms with E-state index >= 15 is 0 Å².